The predicted octanol–water partition coefficient (Wildman–Crippen LogP) is 8.37. The molecule has 2 unspecified atom stereocenters. The van der Waals surface area contributed by atoms with E-state index in [1.165, 1.54) is 62.5 Å². The lowest BCUT2D eigenvalue weighted by Gasteiger charge is -2.30. The van der Waals surface area contributed by atoms with Gasteiger partial charge >= 0.3 is 5.97 Å². The maximum Gasteiger partial charge on any atom is 0.309 e. The van der Waals surface area contributed by atoms with Crippen molar-refractivity contribution in [2.45, 2.75) is 104 Å². The van der Waals surface area contributed by atoms with E-state index in [2.05, 4.69) is 76.5 Å². The molecular formula is C34H54NO3+. The van der Waals surface area contributed by atoms with E-state index in [4.69, 9.17) is 9.47 Å². The molecule has 0 saturated carbocycles. The van der Waals surface area contributed by atoms with E-state index in [9.17, 15) is 4.79 Å². The Morgan fingerprint density at radius 2 is 1.45 bits per heavy atom. The summed E-state index contributed by atoms with van der Waals surface area (Å²) in [6, 6.07) is 19.0. The van der Waals surface area contributed by atoms with Gasteiger partial charge in [0.2, 0.25) is 0 Å². The number of benzene rings is 2. The Balaban J connectivity index is 1.66. The molecule has 38 heavy (non-hydrogen) atoms. The summed E-state index contributed by atoms with van der Waals surface area (Å²) in [7, 11) is 4.43. The highest BCUT2D eigenvalue weighted by molar-refractivity contribution is 5.71. The van der Waals surface area contributed by atoms with Crippen LogP contribution in [0.25, 0.3) is 0 Å². The number of quaternary nitrogens is 1. The van der Waals surface area contributed by atoms with Crippen LogP contribution in [0.5, 0.6) is 5.75 Å². The molecule has 2 atom stereocenters. The molecule has 0 radical (unpaired) electrons. The minimum atomic E-state index is -0.132. The van der Waals surface area contributed by atoms with Gasteiger partial charge in [0.15, 0.2) is 0 Å². The Kier molecular flexibility index (Phi) is 15.1. The van der Waals surface area contributed by atoms with Gasteiger partial charge in [-0.15, -0.1) is 0 Å². The number of carbonyl (C=O) groups excluding carboxylic acids is 1. The minimum absolute atomic E-state index is 0.128. The van der Waals surface area contributed by atoms with Crippen molar-refractivity contribution in [2.75, 3.05) is 27.2 Å². The Morgan fingerprint density at radius 3 is 2.08 bits per heavy atom. The number of aryl methyl sites for hydroxylation is 1. The largest absolute Gasteiger partial charge is 0.487 e. The quantitative estimate of drug-likeness (QED) is 0.0991. The molecule has 2 aromatic rings. The highest BCUT2D eigenvalue weighted by atomic mass is 16.6. The van der Waals surface area contributed by atoms with E-state index in [1.807, 2.05) is 13.0 Å². The van der Waals surface area contributed by atoms with Crippen LogP contribution >= 0.6 is 0 Å². The Labute approximate surface area is 233 Å². The van der Waals surface area contributed by atoms with Crippen LogP contribution < -0.4 is 4.74 Å². The second-order valence-electron chi connectivity index (χ2n) is 11.6. The van der Waals surface area contributed by atoms with Gasteiger partial charge in [-0.05, 0) is 37.0 Å². The summed E-state index contributed by atoms with van der Waals surface area (Å²) in [6.45, 7) is 8.48. The number of esters is 1. The summed E-state index contributed by atoms with van der Waals surface area (Å²) >= 11 is 0. The minimum Gasteiger partial charge on any atom is -0.487 e. The molecule has 0 aliphatic carbocycles. The third kappa shape index (κ3) is 13.5. The second kappa shape index (κ2) is 18.0. The molecule has 212 valence electrons. The van der Waals surface area contributed by atoms with Gasteiger partial charge in [-0.3, -0.25) is 4.79 Å². The Bertz CT molecular complexity index is 878. The highest BCUT2D eigenvalue weighted by Gasteiger charge is 2.22. The fourth-order valence-corrected chi connectivity index (χ4v) is 4.76. The van der Waals surface area contributed by atoms with Crippen molar-refractivity contribution < 1.29 is 18.8 Å². The fourth-order valence-electron chi connectivity index (χ4n) is 4.76. The molecule has 0 amide bonds. The SMILES string of the molecule is CCCCCCCCCCc1ccc(OC(CC)COC(=O)C(C)CC[N+](C)(C)Cc2ccccc2)cc1. The van der Waals surface area contributed by atoms with Crippen molar-refractivity contribution in [3.8, 4) is 5.75 Å². The average molecular weight is 525 g/mol. The van der Waals surface area contributed by atoms with Crippen molar-refractivity contribution in [1.29, 1.82) is 0 Å². The number of nitrogens with zero attached hydrogens (tertiary/aromatic N) is 1. The molecule has 0 fully saturated rings. The number of hydrogen-bond acceptors (Lipinski definition) is 3. The van der Waals surface area contributed by atoms with Crippen molar-refractivity contribution in [1.82, 2.24) is 0 Å². The van der Waals surface area contributed by atoms with Gasteiger partial charge in [-0.25, -0.2) is 0 Å². The van der Waals surface area contributed by atoms with Gasteiger partial charge < -0.3 is 14.0 Å². The molecule has 4 heteroatoms. The zero-order chi connectivity index (χ0) is 27.6. The van der Waals surface area contributed by atoms with Gasteiger partial charge in [-0.2, -0.15) is 0 Å². The lowest BCUT2D eigenvalue weighted by Crippen LogP contribution is -2.40. The summed E-state index contributed by atoms with van der Waals surface area (Å²) in [4.78, 5) is 12.7. The molecule has 0 spiro atoms. The molecule has 0 aliphatic rings. The van der Waals surface area contributed by atoms with E-state index < -0.39 is 0 Å². The third-order valence-electron chi connectivity index (χ3n) is 7.44. The molecule has 2 rings (SSSR count). The van der Waals surface area contributed by atoms with Crippen molar-refractivity contribution in [3.05, 3.63) is 65.7 Å². The first kappa shape index (κ1) is 31.9. The monoisotopic (exact) mass is 524 g/mol. The maximum absolute atomic E-state index is 12.7. The van der Waals surface area contributed by atoms with Crippen LogP contribution in [0.4, 0.5) is 0 Å². The first-order valence-electron chi connectivity index (χ1n) is 15.1. The van der Waals surface area contributed by atoms with Crippen LogP contribution in [0.2, 0.25) is 0 Å². The molecule has 0 aromatic heterocycles. The summed E-state index contributed by atoms with van der Waals surface area (Å²) < 4.78 is 12.7. The van der Waals surface area contributed by atoms with Crippen LogP contribution in [-0.2, 0) is 22.5 Å². The zero-order valence-corrected chi connectivity index (χ0v) is 24.9. The third-order valence-corrected chi connectivity index (χ3v) is 7.44. The zero-order valence-electron chi connectivity index (χ0n) is 24.9. The molecule has 0 heterocycles. The number of ether oxygens (including phenoxy) is 2. The first-order chi connectivity index (χ1) is 18.3. The molecular weight excluding hydrogens is 470 g/mol. The topological polar surface area (TPSA) is 35.5 Å². The van der Waals surface area contributed by atoms with Crippen LogP contribution in [-0.4, -0.2) is 43.8 Å². The smallest absolute Gasteiger partial charge is 0.309 e. The van der Waals surface area contributed by atoms with Crippen LogP contribution in [0.1, 0.15) is 96.1 Å². The van der Waals surface area contributed by atoms with Crippen LogP contribution in [0.15, 0.2) is 54.6 Å². The summed E-state index contributed by atoms with van der Waals surface area (Å²) in [5, 5.41) is 0. The van der Waals surface area contributed by atoms with E-state index >= 15 is 0 Å². The highest BCUT2D eigenvalue weighted by Crippen LogP contribution is 2.19. The van der Waals surface area contributed by atoms with Crippen LogP contribution in [0.3, 0.4) is 0 Å². The number of rotatable bonds is 20. The first-order valence-corrected chi connectivity index (χ1v) is 15.1. The number of unbranched alkanes of at least 4 members (excludes halogenated alkanes) is 7. The average Bonchev–Trinajstić information content (AvgIpc) is 2.92. The normalized spacial score (nSPS) is 13.2. The van der Waals surface area contributed by atoms with Gasteiger partial charge in [0.05, 0.1) is 26.6 Å². The molecule has 0 saturated heterocycles. The molecule has 0 bridgehead atoms. The molecule has 0 N–H and O–H groups in total. The Morgan fingerprint density at radius 1 is 0.816 bits per heavy atom. The number of carbonyl (C=O) groups is 1. The second-order valence-corrected chi connectivity index (χ2v) is 11.6. The van der Waals surface area contributed by atoms with Gasteiger partial charge in [0.1, 0.15) is 25.0 Å². The van der Waals surface area contributed by atoms with E-state index in [-0.39, 0.29) is 18.0 Å². The van der Waals surface area contributed by atoms with Crippen LogP contribution in [0, 0.1) is 5.92 Å². The van der Waals surface area contributed by atoms with E-state index in [0.29, 0.717) is 6.61 Å². The molecule has 2 aromatic carbocycles. The number of hydrogen-bond donors (Lipinski definition) is 0. The molecule has 4 nitrogen and oxygen atoms in total. The molecule has 0 aliphatic heterocycles. The summed E-state index contributed by atoms with van der Waals surface area (Å²) in [5.74, 6) is 0.587. The maximum atomic E-state index is 12.7. The van der Waals surface area contributed by atoms with E-state index in [0.717, 1.165) is 42.6 Å². The van der Waals surface area contributed by atoms with Gasteiger partial charge in [0, 0.05) is 12.0 Å². The fraction of sp³-hybridized carbons (Fsp3) is 0.618. The van der Waals surface area contributed by atoms with Crippen molar-refractivity contribution in [2.24, 2.45) is 5.92 Å². The lowest BCUT2D eigenvalue weighted by atomic mass is 10.0. The van der Waals surface area contributed by atoms with E-state index in [1.54, 1.807) is 0 Å². The van der Waals surface area contributed by atoms with Gasteiger partial charge in [-0.1, -0.05) is 108 Å². The standard InChI is InChI=1S/C34H54NO3/c1-6-8-9-10-11-12-13-15-18-30-21-23-33(24-22-30)38-32(7-2)28-37-34(36)29(3)25-26-35(4,5)27-31-19-16-14-17-20-31/h14,16-17,19-24,29,32H,6-13,15,18,25-28H2,1-5H3/q+1. The van der Waals surface area contributed by atoms with Crippen molar-refractivity contribution >= 4 is 5.97 Å². The summed E-state index contributed by atoms with van der Waals surface area (Å²) in [5.41, 5.74) is 2.68. The van der Waals surface area contributed by atoms with Gasteiger partial charge in [0.25, 0.3) is 0 Å². The Hall–Kier alpha value is -2.33. The lowest BCUT2D eigenvalue weighted by molar-refractivity contribution is -0.904. The summed E-state index contributed by atoms with van der Waals surface area (Å²) in [6.07, 6.45) is 13.4. The van der Waals surface area contributed by atoms with Crippen molar-refractivity contribution in [3.63, 3.8) is 0 Å². The predicted molar refractivity (Wildman–Crippen MR) is 159 cm³/mol.